The van der Waals surface area contributed by atoms with Crippen molar-refractivity contribution in [1.29, 1.82) is 0 Å². The van der Waals surface area contributed by atoms with Crippen molar-refractivity contribution in [3.8, 4) is 0 Å². The van der Waals surface area contributed by atoms with Gasteiger partial charge in [0, 0.05) is 0 Å². The first kappa shape index (κ1) is 23.8. The van der Waals surface area contributed by atoms with Crippen LogP contribution in [0.2, 0.25) is 5.04 Å². The van der Waals surface area contributed by atoms with Gasteiger partial charge in [-0.25, -0.2) is 4.79 Å². The Labute approximate surface area is 192 Å². The molecule has 0 unspecified atom stereocenters. The van der Waals surface area contributed by atoms with E-state index >= 15 is 0 Å². The van der Waals surface area contributed by atoms with Gasteiger partial charge in [-0.15, -0.1) is 0 Å². The highest BCUT2D eigenvalue weighted by Gasteiger charge is 2.50. The molecule has 1 atom stereocenters. The van der Waals surface area contributed by atoms with Crippen molar-refractivity contribution in [1.82, 2.24) is 4.90 Å². The van der Waals surface area contributed by atoms with Gasteiger partial charge in [-0.3, -0.25) is 4.90 Å². The van der Waals surface area contributed by atoms with Crippen LogP contribution in [0.15, 0.2) is 91.0 Å². The molecule has 0 aromatic heterocycles. The number of carboxylic acid groups (broad SMARTS) is 1. The molecule has 3 aromatic rings. The second-order valence-electron chi connectivity index (χ2n) is 9.05. The van der Waals surface area contributed by atoms with E-state index in [0.29, 0.717) is 6.61 Å². The monoisotopic (exact) mass is 446 g/mol. The topological polar surface area (TPSA) is 49.8 Å². The average Bonchev–Trinajstić information content (AvgIpc) is 2.79. The van der Waals surface area contributed by atoms with Gasteiger partial charge < -0.3 is 9.53 Å². The summed E-state index contributed by atoms with van der Waals surface area (Å²) < 4.78 is 6.91. The summed E-state index contributed by atoms with van der Waals surface area (Å²) in [5, 5.41) is 12.1. The Bertz CT molecular complexity index is 948. The molecule has 3 rings (SSSR count). The van der Waals surface area contributed by atoms with E-state index in [2.05, 4.69) is 45.0 Å². The molecule has 0 aliphatic heterocycles. The van der Waals surface area contributed by atoms with Crippen molar-refractivity contribution in [2.45, 2.75) is 38.8 Å². The fraction of sp³-hybridized carbons (Fsp3) is 0.259. The maximum Gasteiger partial charge on any atom is 0.408 e. The third kappa shape index (κ3) is 5.11. The van der Waals surface area contributed by atoms with Gasteiger partial charge in [0.05, 0.1) is 19.2 Å². The molecule has 3 aromatic carbocycles. The molecule has 0 aliphatic carbocycles. The normalized spacial score (nSPS) is 12.9. The molecule has 0 saturated carbocycles. The Morgan fingerprint density at radius 2 is 1.34 bits per heavy atom. The van der Waals surface area contributed by atoms with E-state index in [4.69, 9.17) is 4.43 Å². The van der Waals surface area contributed by atoms with E-state index < -0.39 is 14.4 Å². The van der Waals surface area contributed by atoms with Crippen LogP contribution in [0.4, 0.5) is 4.79 Å². The van der Waals surface area contributed by atoms with Gasteiger partial charge in [-0.05, 0) is 27.9 Å². The predicted molar refractivity (Wildman–Crippen MR) is 133 cm³/mol. The van der Waals surface area contributed by atoms with Crippen molar-refractivity contribution < 1.29 is 14.3 Å². The lowest BCUT2D eigenvalue weighted by Crippen LogP contribution is -2.67. The van der Waals surface area contributed by atoms with E-state index in [1.165, 1.54) is 15.3 Å². The van der Waals surface area contributed by atoms with Crippen molar-refractivity contribution in [3.63, 3.8) is 0 Å². The third-order valence-electron chi connectivity index (χ3n) is 5.74. The van der Waals surface area contributed by atoms with Crippen molar-refractivity contribution in [2.24, 2.45) is 0 Å². The van der Waals surface area contributed by atoms with Gasteiger partial charge >= 0.3 is 6.09 Å². The highest BCUT2D eigenvalue weighted by Crippen LogP contribution is 2.37. The van der Waals surface area contributed by atoms with Crippen LogP contribution < -0.4 is 10.4 Å². The summed E-state index contributed by atoms with van der Waals surface area (Å²) in [6.45, 7) is 10.5. The molecule has 0 spiro atoms. The molecular formula is C27H32NO3Si. The minimum Gasteiger partial charge on any atom is -0.465 e. The first-order chi connectivity index (χ1) is 15.3. The summed E-state index contributed by atoms with van der Waals surface area (Å²) >= 11 is 0. The SMILES string of the molecule is C[C@@H](CO[Si](c1ccccc1)(c1ccccc1)C(C)(C)C)N([CH]c1ccccc1)C(=O)O. The quantitative estimate of drug-likeness (QED) is 0.487. The molecule has 1 N–H and O–H groups in total. The van der Waals surface area contributed by atoms with Crippen LogP contribution in [-0.2, 0) is 4.43 Å². The van der Waals surface area contributed by atoms with Gasteiger partial charge in [0.1, 0.15) is 0 Å². The lowest BCUT2D eigenvalue weighted by Gasteiger charge is -2.44. The summed E-state index contributed by atoms with van der Waals surface area (Å²) in [5.74, 6) is 0. The number of benzene rings is 3. The summed E-state index contributed by atoms with van der Waals surface area (Å²) in [4.78, 5) is 13.4. The number of hydrogen-bond donors (Lipinski definition) is 1. The van der Waals surface area contributed by atoms with E-state index in [1.807, 2.05) is 73.7 Å². The number of nitrogens with zero attached hydrogens (tertiary/aromatic N) is 1. The van der Waals surface area contributed by atoms with E-state index in [9.17, 15) is 9.90 Å². The Morgan fingerprint density at radius 1 is 0.906 bits per heavy atom. The molecular weight excluding hydrogens is 414 g/mol. The third-order valence-corrected chi connectivity index (χ3v) is 10.7. The molecule has 1 amide bonds. The van der Waals surface area contributed by atoms with E-state index in [0.717, 1.165) is 5.56 Å². The zero-order valence-electron chi connectivity index (χ0n) is 19.2. The first-order valence-electron chi connectivity index (χ1n) is 10.9. The minimum atomic E-state index is -2.72. The first-order valence-corrected chi connectivity index (χ1v) is 12.8. The lowest BCUT2D eigenvalue weighted by molar-refractivity contribution is 0.125. The Morgan fingerprint density at radius 3 is 1.75 bits per heavy atom. The number of amides is 1. The smallest absolute Gasteiger partial charge is 0.408 e. The maximum absolute atomic E-state index is 12.1. The largest absolute Gasteiger partial charge is 0.465 e. The van der Waals surface area contributed by atoms with Gasteiger partial charge in [0.2, 0.25) is 0 Å². The molecule has 4 nitrogen and oxygen atoms in total. The number of rotatable bonds is 8. The van der Waals surface area contributed by atoms with Crippen LogP contribution in [-0.4, -0.2) is 37.1 Å². The van der Waals surface area contributed by atoms with Gasteiger partial charge in [-0.2, -0.15) is 0 Å². The second-order valence-corrected chi connectivity index (χ2v) is 13.4. The zero-order chi connectivity index (χ0) is 23.2. The summed E-state index contributed by atoms with van der Waals surface area (Å²) in [6, 6.07) is 29.9. The fourth-order valence-electron chi connectivity index (χ4n) is 4.16. The molecule has 5 heteroatoms. The van der Waals surface area contributed by atoms with Gasteiger partial charge in [-0.1, -0.05) is 112 Å². The van der Waals surface area contributed by atoms with Gasteiger partial charge in [0.15, 0.2) is 0 Å². The highest BCUT2D eigenvalue weighted by atomic mass is 28.4. The molecule has 167 valence electrons. The number of hydrogen-bond acceptors (Lipinski definition) is 2. The van der Waals surface area contributed by atoms with Crippen LogP contribution in [0.25, 0.3) is 0 Å². The average molecular weight is 447 g/mol. The molecule has 0 aliphatic rings. The van der Waals surface area contributed by atoms with Crippen LogP contribution in [0.1, 0.15) is 33.3 Å². The van der Waals surface area contributed by atoms with Crippen molar-refractivity contribution >= 4 is 24.8 Å². The Kier molecular flexibility index (Phi) is 7.54. The summed E-state index contributed by atoms with van der Waals surface area (Å²) in [7, 11) is -2.72. The molecule has 0 saturated heterocycles. The summed E-state index contributed by atoms with van der Waals surface area (Å²) in [6.07, 6.45) is -0.993. The summed E-state index contributed by atoms with van der Waals surface area (Å²) in [5.41, 5.74) is 0.840. The van der Waals surface area contributed by atoms with Gasteiger partial charge in [0.25, 0.3) is 8.32 Å². The molecule has 0 fully saturated rings. The second kappa shape index (κ2) is 10.2. The van der Waals surface area contributed by atoms with E-state index in [1.54, 1.807) is 6.54 Å². The zero-order valence-corrected chi connectivity index (χ0v) is 20.2. The highest BCUT2D eigenvalue weighted by molar-refractivity contribution is 6.99. The van der Waals surface area contributed by atoms with Crippen LogP contribution in [0.5, 0.6) is 0 Å². The molecule has 32 heavy (non-hydrogen) atoms. The van der Waals surface area contributed by atoms with E-state index in [-0.39, 0.29) is 11.1 Å². The maximum atomic E-state index is 12.1. The molecule has 1 radical (unpaired) electrons. The van der Waals surface area contributed by atoms with Crippen LogP contribution >= 0.6 is 0 Å². The fourth-order valence-corrected chi connectivity index (χ4v) is 8.80. The lowest BCUT2D eigenvalue weighted by atomic mass is 10.2. The molecule has 0 heterocycles. The Hall–Kier alpha value is -2.89. The Balaban J connectivity index is 1.95. The minimum absolute atomic E-state index is 0.160. The van der Waals surface area contributed by atoms with Crippen LogP contribution in [0, 0.1) is 6.54 Å². The van der Waals surface area contributed by atoms with Crippen molar-refractivity contribution in [2.75, 3.05) is 6.61 Å². The standard InChI is InChI=1S/C27H32NO3Si/c1-22(28(26(29)30)20-23-14-8-5-9-15-23)21-31-32(27(2,3)4,24-16-10-6-11-17-24)25-18-12-7-13-19-25/h5-20,22H,21H2,1-4H3,(H,29,30)/t22-/m0/s1. The molecule has 0 bridgehead atoms. The predicted octanol–water partition coefficient (Wildman–Crippen LogP) is 5.14. The number of carbonyl (C=O) groups is 1. The van der Waals surface area contributed by atoms with Crippen LogP contribution in [0.3, 0.4) is 0 Å². The van der Waals surface area contributed by atoms with Crippen molar-refractivity contribution in [3.05, 3.63) is 103 Å².